The summed E-state index contributed by atoms with van der Waals surface area (Å²) in [6, 6.07) is 3.80. The van der Waals surface area contributed by atoms with Crippen LogP contribution in [0.2, 0.25) is 0 Å². The first-order chi connectivity index (χ1) is 8.37. The SMILES string of the molecule is Oc1c(F)cccc1-c1cnn(CC(F)(F)F)c1. The predicted molar refractivity (Wildman–Crippen MR) is 55.3 cm³/mol. The lowest BCUT2D eigenvalue weighted by Gasteiger charge is -2.05. The van der Waals surface area contributed by atoms with Crippen LogP contribution in [0.5, 0.6) is 5.75 Å². The third-order valence-electron chi connectivity index (χ3n) is 2.27. The van der Waals surface area contributed by atoms with Crippen LogP contribution in [-0.2, 0) is 6.54 Å². The van der Waals surface area contributed by atoms with E-state index in [0.717, 1.165) is 18.5 Å². The van der Waals surface area contributed by atoms with E-state index in [2.05, 4.69) is 5.10 Å². The van der Waals surface area contributed by atoms with Gasteiger partial charge in [0.25, 0.3) is 0 Å². The molecule has 1 N–H and O–H groups in total. The molecule has 0 fully saturated rings. The number of aromatic nitrogens is 2. The molecule has 0 spiro atoms. The third kappa shape index (κ3) is 2.61. The number of hydrogen-bond donors (Lipinski definition) is 1. The minimum atomic E-state index is -4.38. The molecule has 2 aromatic rings. The molecule has 0 aliphatic carbocycles. The van der Waals surface area contributed by atoms with Gasteiger partial charge in [0.05, 0.1) is 6.20 Å². The fourth-order valence-corrected chi connectivity index (χ4v) is 1.52. The van der Waals surface area contributed by atoms with Crippen LogP contribution in [0, 0.1) is 5.82 Å². The summed E-state index contributed by atoms with van der Waals surface area (Å²) in [6.07, 6.45) is -2.14. The molecule has 1 heterocycles. The van der Waals surface area contributed by atoms with E-state index in [-0.39, 0.29) is 11.1 Å². The van der Waals surface area contributed by atoms with Gasteiger partial charge in [-0.2, -0.15) is 18.3 Å². The number of halogens is 4. The van der Waals surface area contributed by atoms with Crippen LogP contribution in [-0.4, -0.2) is 21.1 Å². The quantitative estimate of drug-likeness (QED) is 0.843. The second-order valence-electron chi connectivity index (χ2n) is 3.68. The second-order valence-corrected chi connectivity index (χ2v) is 3.68. The van der Waals surface area contributed by atoms with Gasteiger partial charge in [0.15, 0.2) is 11.6 Å². The van der Waals surface area contributed by atoms with Gasteiger partial charge < -0.3 is 5.11 Å². The normalized spacial score (nSPS) is 11.8. The maximum atomic E-state index is 13.1. The number of phenolic OH excluding ortho intramolecular Hbond substituents is 1. The zero-order chi connectivity index (χ0) is 13.3. The molecule has 0 saturated heterocycles. The Labute approximate surface area is 99.3 Å². The highest BCUT2D eigenvalue weighted by Crippen LogP contribution is 2.31. The number of hydrogen-bond acceptors (Lipinski definition) is 2. The maximum absolute atomic E-state index is 13.1. The van der Waals surface area contributed by atoms with Gasteiger partial charge >= 0.3 is 6.18 Å². The fraction of sp³-hybridized carbons (Fsp3) is 0.182. The summed E-state index contributed by atoms with van der Waals surface area (Å²) in [5.41, 5.74) is 0.319. The summed E-state index contributed by atoms with van der Waals surface area (Å²) in [5, 5.41) is 13.0. The van der Waals surface area contributed by atoms with Crippen LogP contribution in [0.15, 0.2) is 30.6 Å². The van der Waals surface area contributed by atoms with E-state index >= 15 is 0 Å². The van der Waals surface area contributed by atoms with Crippen LogP contribution in [0.3, 0.4) is 0 Å². The number of alkyl halides is 3. The molecule has 0 saturated carbocycles. The van der Waals surface area contributed by atoms with Crippen LogP contribution in [0.25, 0.3) is 11.1 Å². The standard InChI is InChI=1S/C11H8F4N2O/c12-9-3-1-2-8(10(9)18)7-4-16-17(5-7)6-11(13,14)15/h1-5,18H,6H2. The topological polar surface area (TPSA) is 38.1 Å². The van der Waals surface area contributed by atoms with E-state index in [1.807, 2.05) is 0 Å². The molecular weight excluding hydrogens is 252 g/mol. The van der Waals surface area contributed by atoms with Crippen molar-refractivity contribution in [1.82, 2.24) is 9.78 Å². The number of benzene rings is 1. The van der Waals surface area contributed by atoms with Crippen molar-refractivity contribution < 1.29 is 22.7 Å². The molecule has 0 atom stereocenters. The molecule has 0 bridgehead atoms. The largest absolute Gasteiger partial charge is 0.504 e. The average molecular weight is 260 g/mol. The van der Waals surface area contributed by atoms with Gasteiger partial charge in [0.1, 0.15) is 6.54 Å². The molecular formula is C11H8F4N2O. The number of para-hydroxylation sites is 1. The molecule has 7 heteroatoms. The fourth-order valence-electron chi connectivity index (χ4n) is 1.52. The first kappa shape index (κ1) is 12.4. The molecule has 0 unspecified atom stereocenters. The molecule has 1 aromatic heterocycles. The van der Waals surface area contributed by atoms with E-state index in [9.17, 15) is 22.7 Å². The lowest BCUT2D eigenvalue weighted by atomic mass is 10.1. The van der Waals surface area contributed by atoms with Crippen molar-refractivity contribution in [3.8, 4) is 16.9 Å². The number of rotatable bonds is 2. The van der Waals surface area contributed by atoms with Crippen LogP contribution < -0.4 is 0 Å². The van der Waals surface area contributed by atoms with Gasteiger partial charge in [-0.15, -0.1) is 0 Å². The van der Waals surface area contributed by atoms with Crippen molar-refractivity contribution >= 4 is 0 Å². The monoisotopic (exact) mass is 260 g/mol. The molecule has 96 valence electrons. The molecule has 0 amide bonds. The number of nitrogens with zero attached hydrogens (tertiary/aromatic N) is 2. The number of phenols is 1. The third-order valence-corrected chi connectivity index (χ3v) is 2.27. The Morgan fingerprint density at radius 3 is 2.67 bits per heavy atom. The maximum Gasteiger partial charge on any atom is 0.408 e. The Morgan fingerprint density at radius 2 is 2.00 bits per heavy atom. The highest BCUT2D eigenvalue weighted by Gasteiger charge is 2.28. The van der Waals surface area contributed by atoms with Gasteiger partial charge in [-0.05, 0) is 6.07 Å². The molecule has 18 heavy (non-hydrogen) atoms. The minimum Gasteiger partial charge on any atom is -0.504 e. The predicted octanol–water partition coefficient (Wildman–Crippen LogP) is 2.96. The highest BCUT2D eigenvalue weighted by molar-refractivity contribution is 5.68. The average Bonchev–Trinajstić information content (AvgIpc) is 2.68. The molecule has 3 nitrogen and oxygen atoms in total. The van der Waals surface area contributed by atoms with Gasteiger partial charge in [0, 0.05) is 17.3 Å². The van der Waals surface area contributed by atoms with E-state index < -0.39 is 24.3 Å². The Kier molecular flexibility index (Phi) is 2.98. The van der Waals surface area contributed by atoms with Crippen LogP contribution in [0.1, 0.15) is 0 Å². The van der Waals surface area contributed by atoms with Crippen molar-refractivity contribution in [3.05, 3.63) is 36.4 Å². The summed E-state index contributed by atoms with van der Waals surface area (Å²) in [5.74, 6) is -1.44. The second kappa shape index (κ2) is 4.32. The molecule has 2 rings (SSSR count). The van der Waals surface area contributed by atoms with Gasteiger partial charge in [-0.1, -0.05) is 12.1 Å². The van der Waals surface area contributed by atoms with Gasteiger partial charge in [-0.25, -0.2) is 4.39 Å². The summed E-state index contributed by atoms with van der Waals surface area (Å²) in [7, 11) is 0. The first-order valence-electron chi connectivity index (χ1n) is 4.94. The molecule has 0 radical (unpaired) electrons. The van der Waals surface area contributed by atoms with Gasteiger partial charge in [-0.3, -0.25) is 4.68 Å². The van der Waals surface area contributed by atoms with Crippen molar-refractivity contribution in [2.45, 2.75) is 12.7 Å². The summed E-state index contributed by atoms with van der Waals surface area (Å²) in [4.78, 5) is 0. The smallest absolute Gasteiger partial charge is 0.408 e. The lowest BCUT2D eigenvalue weighted by Crippen LogP contribution is -2.17. The Balaban J connectivity index is 2.33. The van der Waals surface area contributed by atoms with E-state index in [4.69, 9.17) is 0 Å². The molecule has 0 aliphatic rings. The van der Waals surface area contributed by atoms with Crippen molar-refractivity contribution in [1.29, 1.82) is 0 Å². The van der Waals surface area contributed by atoms with Crippen molar-refractivity contribution in [3.63, 3.8) is 0 Å². The van der Waals surface area contributed by atoms with Gasteiger partial charge in [0.2, 0.25) is 0 Å². The zero-order valence-corrected chi connectivity index (χ0v) is 8.95. The van der Waals surface area contributed by atoms with Crippen LogP contribution >= 0.6 is 0 Å². The Morgan fingerprint density at radius 1 is 1.28 bits per heavy atom. The summed E-state index contributed by atoms with van der Waals surface area (Å²) < 4.78 is 50.1. The Bertz CT molecular complexity index is 562. The molecule has 0 aliphatic heterocycles. The minimum absolute atomic E-state index is 0.100. The first-order valence-corrected chi connectivity index (χ1v) is 4.94. The lowest BCUT2D eigenvalue weighted by molar-refractivity contribution is -0.142. The van der Waals surface area contributed by atoms with E-state index in [1.54, 1.807) is 0 Å². The molecule has 1 aromatic carbocycles. The van der Waals surface area contributed by atoms with Crippen LogP contribution in [0.4, 0.5) is 17.6 Å². The summed E-state index contributed by atoms with van der Waals surface area (Å²) in [6.45, 7) is -1.23. The highest BCUT2D eigenvalue weighted by atomic mass is 19.4. The number of aromatic hydroxyl groups is 1. The van der Waals surface area contributed by atoms with E-state index in [0.29, 0.717) is 4.68 Å². The van der Waals surface area contributed by atoms with E-state index in [1.165, 1.54) is 12.1 Å². The van der Waals surface area contributed by atoms with Crippen molar-refractivity contribution in [2.75, 3.05) is 0 Å². The van der Waals surface area contributed by atoms with Crippen molar-refractivity contribution in [2.24, 2.45) is 0 Å². The zero-order valence-electron chi connectivity index (χ0n) is 8.95. The Hall–Kier alpha value is -2.05. The summed E-state index contributed by atoms with van der Waals surface area (Å²) >= 11 is 0.